The van der Waals surface area contributed by atoms with Crippen molar-refractivity contribution < 1.29 is 4.79 Å². The van der Waals surface area contributed by atoms with E-state index < -0.39 is 0 Å². The van der Waals surface area contributed by atoms with E-state index in [1.807, 2.05) is 6.07 Å². The number of hydrogen-bond donors (Lipinski definition) is 2. The highest BCUT2D eigenvalue weighted by Crippen LogP contribution is 2.32. The summed E-state index contributed by atoms with van der Waals surface area (Å²) in [4.78, 5) is 15.6. The molecule has 0 aliphatic heterocycles. The van der Waals surface area contributed by atoms with Crippen LogP contribution >= 0.6 is 0 Å². The average molecular weight is 361 g/mol. The molecular formula is C24H28N2O. The number of nitrogens with one attached hydrogen (secondary N) is 2. The highest BCUT2D eigenvalue weighted by atomic mass is 16.1. The number of carbonyl (C=O) groups is 1. The number of carbonyl (C=O) groups excluding carboxylic acids is 1. The van der Waals surface area contributed by atoms with Gasteiger partial charge in [-0.05, 0) is 61.6 Å². The van der Waals surface area contributed by atoms with Crippen LogP contribution in [-0.2, 0) is 11.2 Å². The topological polar surface area (TPSA) is 44.9 Å². The first-order chi connectivity index (χ1) is 13.3. The number of aryl methyl sites for hydroxylation is 1. The first-order valence-corrected chi connectivity index (χ1v) is 10.2. The molecule has 1 aliphatic carbocycles. The Hall–Kier alpha value is -2.55. The largest absolute Gasteiger partial charge is 0.361 e. The third-order valence-corrected chi connectivity index (χ3v) is 5.89. The van der Waals surface area contributed by atoms with Crippen LogP contribution in [0.4, 0.5) is 0 Å². The van der Waals surface area contributed by atoms with E-state index in [1.54, 1.807) is 0 Å². The van der Waals surface area contributed by atoms with Gasteiger partial charge in [-0.1, -0.05) is 48.5 Å². The van der Waals surface area contributed by atoms with Gasteiger partial charge in [0.25, 0.3) is 0 Å². The van der Waals surface area contributed by atoms with Gasteiger partial charge in [-0.2, -0.15) is 0 Å². The summed E-state index contributed by atoms with van der Waals surface area (Å²) in [5.41, 5.74) is 3.93. The van der Waals surface area contributed by atoms with Crippen LogP contribution in [0.15, 0.2) is 60.8 Å². The summed E-state index contributed by atoms with van der Waals surface area (Å²) in [5, 5.41) is 4.54. The molecule has 0 spiro atoms. The van der Waals surface area contributed by atoms with Gasteiger partial charge in [0.05, 0.1) is 0 Å². The first kappa shape index (κ1) is 17.8. The van der Waals surface area contributed by atoms with Gasteiger partial charge < -0.3 is 10.3 Å². The Bertz CT molecular complexity index is 876. The quantitative estimate of drug-likeness (QED) is 0.613. The van der Waals surface area contributed by atoms with Crippen LogP contribution in [-0.4, -0.2) is 16.9 Å². The van der Waals surface area contributed by atoms with Gasteiger partial charge in [0.2, 0.25) is 5.91 Å². The molecule has 0 radical (unpaired) electrons. The van der Waals surface area contributed by atoms with E-state index in [0.29, 0.717) is 18.4 Å². The molecule has 1 aliphatic rings. The molecule has 0 atom stereocenters. The first-order valence-electron chi connectivity index (χ1n) is 10.2. The Balaban J connectivity index is 1.20. The minimum Gasteiger partial charge on any atom is -0.361 e. The van der Waals surface area contributed by atoms with Gasteiger partial charge >= 0.3 is 0 Å². The normalized spacial score (nSPS) is 19.9. The minimum atomic E-state index is 0.206. The van der Waals surface area contributed by atoms with E-state index in [0.717, 1.165) is 25.7 Å². The lowest BCUT2D eigenvalue weighted by molar-refractivity contribution is -0.122. The Morgan fingerprint density at radius 1 is 0.963 bits per heavy atom. The molecule has 4 rings (SSSR count). The summed E-state index contributed by atoms with van der Waals surface area (Å²) in [5.74, 6) is 0.860. The molecular weight excluding hydrogens is 332 g/mol. The molecule has 1 fully saturated rings. The summed E-state index contributed by atoms with van der Waals surface area (Å²) >= 11 is 0. The SMILES string of the molecule is O=C(CCCc1c[nH]c2ccccc12)NC1CCC(c2ccccc2)CC1. The number of fused-ring (bicyclic) bond motifs is 1. The van der Waals surface area contributed by atoms with Crippen molar-refractivity contribution in [1.29, 1.82) is 0 Å². The van der Waals surface area contributed by atoms with Crippen molar-refractivity contribution in [2.24, 2.45) is 0 Å². The highest BCUT2D eigenvalue weighted by molar-refractivity contribution is 5.83. The smallest absolute Gasteiger partial charge is 0.220 e. The van der Waals surface area contributed by atoms with Crippen LogP contribution < -0.4 is 5.32 Å². The van der Waals surface area contributed by atoms with E-state index in [2.05, 4.69) is 65.0 Å². The Kier molecular flexibility index (Phi) is 5.57. The number of rotatable bonds is 6. The van der Waals surface area contributed by atoms with E-state index >= 15 is 0 Å². The summed E-state index contributed by atoms with van der Waals surface area (Å²) in [6, 6.07) is 19.5. The zero-order valence-electron chi connectivity index (χ0n) is 15.8. The Labute approximate surface area is 161 Å². The maximum absolute atomic E-state index is 12.3. The van der Waals surface area contributed by atoms with Crippen molar-refractivity contribution >= 4 is 16.8 Å². The van der Waals surface area contributed by atoms with Crippen molar-refractivity contribution in [2.45, 2.75) is 56.9 Å². The average Bonchev–Trinajstić information content (AvgIpc) is 3.12. The third kappa shape index (κ3) is 4.41. The fourth-order valence-electron chi connectivity index (χ4n) is 4.37. The van der Waals surface area contributed by atoms with Gasteiger partial charge in [-0.25, -0.2) is 0 Å². The van der Waals surface area contributed by atoms with Crippen LogP contribution in [0.5, 0.6) is 0 Å². The Morgan fingerprint density at radius 3 is 2.52 bits per heavy atom. The zero-order chi connectivity index (χ0) is 18.5. The maximum Gasteiger partial charge on any atom is 0.220 e. The molecule has 3 heteroatoms. The molecule has 1 saturated carbocycles. The molecule has 3 nitrogen and oxygen atoms in total. The van der Waals surface area contributed by atoms with E-state index in [9.17, 15) is 4.79 Å². The van der Waals surface area contributed by atoms with E-state index in [-0.39, 0.29) is 5.91 Å². The van der Waals surface area contributed by atoms with E-state index in [1.165, 1.54) is 34.9 Å². The lowest BCUT2D eigenvalue weighted by atomic mass is 9.82. The molecule has 1 aromatic heterocycles. The van der Waals surface area contributed by atoms with Crippen molar-refractivity contribution in [2.75, 3.05) is 0 Å². The van der Waals surface area contributed by atoms with Crippen LogP contribution in [0, 0.1) is 0 Å². The van der Waals surface area contributed by atoms with Crippen LogP contribution in [0.25, 0.3) is 10.9 Å². The summed E-state index contributed by atoms with van der Waals surface area (Å²) in [6.45, 7) is 0. The van der Waals surface area contributed by atoms with Gasteiger partial charge in [-0.3, -0.25) is 4.79 Å². The fourth-order valence-corrected chi connectivity index (χ4v) is 4.37. The van der Waals surface area contributed by atoms with Gasteiger partial charge in [-0.15, -0.1) is 0 Å². The number of amides is 1. The van der Waals surface area contributed by atoms with Crippen molar-refractivity contribution in [3.05, 3.63) is 71.9 Å². The molecule has 2 N–H and O–H groups in total. The number of para-hydroxylation sites is 1. The van der Waals surface area contributed by atoms with Gasteiger partial charge in [0, 0.05) is 29.6 Å². The predicted octanol–water partition coefficient (Wildman–Crippen LogP) is 5.33. The van der Waals surface area contributed by atoms with Crippen molar-refractivity contribution in [1.82, 2.24) is 10.3 Å². The van der Waals surface area contributed by atoms with Crippen LogP contribution in [0.3, 0.4) is 0 Å². The summed E-state index contributed by atoms with van der Waals surface area (Å²) in [7, 11) is 0. The monoisotopic (exact) mass is 360 g/mol. The highest BCUT2D eigenvalue weighted by Gasteiger charge is 2.23. The molecule has 0 unspecified atom stereocenters. The van der Waals surface area contributed by atoms with E-state index in [4.69, 9.17) is 0 Å². The minimum absolute atomic E-state index is 0.206. The predicted molar refractivity (Wildman–Crippen MR) is 111 cm³/mol. The molecule has 2 aromatic carbocycles. The molecule has 1 amide bonds. The van der Waals surface area contributed by atoms with Crippen LogP contribution in [0.2, 0.25) is 0 Å². The summed E-state index contributed by atoms with van der Waals surface area (Å²) < 4.78 is 0. The van der Waals surface area contributed by atoms with Crippen molar-refractivity contribution in [3.63, 3.8) is 0 Å². The van der Waals surface area contributed by atoms with Crippen molar-refractivity contribution in [3.8, 4) is 0 Å². The Morgan fingerprint density at radius 2 is 1.70 bits per heavy atom. The fraction of sp³-hybridized carbons (Fsp3) is 0.375. The number of benzene rings is 2. The second-order valence-corrected chi connectivity index (χ2v) is 7.74. The molecule has 27 heavy (non-hydrogen) atoms. The zero-order valence-corrected chi connectivity index (χ0v) is 15.8. The second-order valence-electron chi connectivity index (χ2n) is 7.74. The number of aromatic amines is 1. The number of H-pyrrole nitrogens is 1. The lowest BCUT2D eigenvalue weighted by Gasteiger charge is -2.29. The maximum atomic E-state index is 12.3. The number of hydrogen-bond acceptors (Lipinski definition) is 1. The van der Waals surface area contributed by atoms with Gasteiger partial charge in [0.15, 0.2) is 0 Å². The molecule has 0 bridgehead atoms. The van der Waals surface area contributed by atoms with Gasteiger partial charge in [0.1, 0.15) is 0 Å². The molecule has 1 heterocycles. The standard InChI is InChI=1S/C24H28N2O/c27-24(12-6-9-20-17-25-23-11-5-4-10-22(20)23)26-21-15-13-19(14-16-21)18-7-2-1-3-8-18/h1-5,7-8,10-11,17,19,21,25H,6,9,12-16H2,(H,26,27). The molecule has 0 saturated heterocycles. The number of aromatic nitrogens is 1. The molecule has 140 valence electrons. The molecule has 3 aromatic rings. The second kappa shape index (κ2) is 8.43. The lowest BCUT2D eigenvalue weighted by Crippen LogP contribution is -2.37. The third-order valence-electron chi connectivity index (χ3n) is 5.89. The summed E-state index contributed by atoms with van der Waals surface area (Å²) in [6.07, 6.45) is 9.05. The van der Waals surface area contributed by atoms with Crippen LogP contribution in [0.1, 0.15) is 55.6 Å².